The zero-order valence-corrected chi connectivity index (χ0v) is 12.2. The van der Waals surface area contributed by atoms with Crippen LogP contribution in [0, 0.1) is 17.5 Å². The van der Waals surface area contributed by atoms with Crippen LogP contribution >= 0.6 is 0 Å². The van der Waals surface area contributed by atoms with Gasteiger partial charge in [0, 0.05) is 11.1 Å². The van der Waals surface area contributed by atoms with Crippen molar-refractivity contribution in [3.63, 3.8) is 0 Å². The number of hydrogen-bond acceptors (Lipinski definition) is 5. The van der Waals surface area contributed by atoms with Gasteiger partial charge in [0.1, 0.15) is 5.75 Å². The van der Waals surface area contributed by atoms with Crippen molar-refractivity contribution in [2.45, 2.75) is 13.2 Å². The summed E-state index contributed by atoms with van der Waals surface area (Å²) in [5.41, 5.74) is 0.525. The Bertz CT molecular complexity index is 844. The van der Waals surface area contributed by atoms with E-state index in [-0.39, 0.29) is 30.5 Å². The zero-order chi connectivity index (χ0) is 17.1. The molecule has 0 bridgehead atoms. The lowest BCUT2D eigenvalue weighted by Gasteiger charge is -2.07. The van der Waals surface area contributed by atoms with Crippen LogP contribution in [-0.2, 0) is 13.2 Å². The van der Waals surface area contributed by atoms with Crippen LogP contribution in [0.3, 0.4) is 0 Å². The minimum atomic E-state index is -1.56. The van der Waals surface area contributed by atoms with Crippen molar-refractivity contribution in [1.29, 1.82) is 0 Å². The number of aromatic nitrogens is 2. The van der Waals surface area contributed by atoms with Crippen LogP contribution in [0.2, 0.25) is 0 Å². The maximum absolute atomic E-state index is 13.2. The Balaban J connectivity index is 1.76. The van der Waals surface area contributed by atoms with Crippen molar-refractivity contribution < 1.29 is 27.5 Å². The predicted molar refractivity (Wildman–Crippen MR) is 76.3 cm³/mol. The van der Waals surface area contributed by atoms with Gasteiger partial charge < -0.3 is 14.4 Å². The first kappa shape index (κ1) is 16.0. The van der Waals surface area contributed by atoms with Crippen molar-refractivity contribution in [1.82, 2.24) is 10.1 Å². The topological polar surface area (TPSA) is 68.4 Å². The van der Waals surface area contributed by atoms with Gasteiger partial charge in [0.15, 0.2) is 24.1 Å². The second-order valence-electron chi connectivity index (χ2n) is 4.82. The van der Waals surface area contributed by atoms with E-state index >= 15 is 0 Å². The molecule has 0 saturated heterocycles. The van der Waals surface area contributed by atoms with E-state index in [1.807, 2.05) is 0 Å². The second-order valence-corrected chi connectivity index (χ2v) is 4.82. The van der Waals surface area contributed by atoms with Gasteiger partial charge in [-0.25, -0.2) is 13.2 Å². The van der Waals surface area contributed by atoms with E-state index < -0.39 is 17.5 Å². The smallest absolute Gasteiger partial charge is 0.264 e. The number of halogens is 3. The van der Waals surface area contributed by atoms with E-state index in [0.29, 0.717) is 11.3 Å². The lowest BCUT2D eigenvalue weighted by molar-refractivity contribution is 0.229. The van der Waals surface area contributed by atoms with Gasteiger partial charge in [0.25, 0.3) is 5.89 Å². The highest BCUT2D eigenvalue weighted by Crippen LogP contribution is 2.23. The fourth-order valence-electron chi connectivity index (χ4n) is 2.03. The predicted octanol–water partition coefficient (Wildman–Crippen LogP) is 3.23. The molecule has 0 saturated carbocycles. The van der Waals surface area contributed by atoms with Crippen LogP contribution in [0.25, 0.3) is 11.4 Å². The first-order chi connectivity index (χ1) is 11.6. The van der Waals surface area contributed by atoms with Gasteiger partial charge in [-0.05, 0) is 18.2 Å². The Morgan fingerprint density at radius 1 is 1.08 bits per heavy atom. The fraction of sp³-hybridized carbons (Fsp3) is 0.125. The summed E-state index contributed by atoms with van der Waals surface area (Å²) in [5, 5.41) is 12.8. The summed E-state index contributed by atoms with van der Waals surface area (Å²) in [7, 11) is 0. The average Bonchev–Trinajstić information content (AvgIpc) is 3.06. The number of ether oxygens (including phenoxy) is 1. The van der Waals surface area contributed by atoms with Gasteiger partial charge in [-0.2, -0.15) is 4.98 Å². The first-order valence-corrected chi connectivity index (χ1v) is 6.87. The Hall–Kier alpha value is -2.87. The number of rotatable bonds is 5. The van der Waals surface area contributed by atoms with Crippen molar-refractivity contribution >= 4 is 0 Å². The van der Waals surface area contributed by atoms with E-state index in [9.17, 15) is 18.3 Å². The third-order valence-corrected chi connectivity index (χ3v) is 3.20. The molecule has 124 valence electrons. The summed E-state index contributed by atoms with van der Waals surface area (Å²) in [6.07, 6.45) is 0. The summed E-state index contributed by atoms with van der Waals surface area (Å²) >= 11 is 0. The molecular weight excluding hydrogens is 325 g/mol. The van der Waals surface area contributed by atoms with Gasteiger partial charge in [-0.15, -0.1) is 0 Å². The highest BCUT2D eigenvalue weighted by atomic mass is 19.2. The number of aliphatic hydroxyl groups is 1. The van der Waals surface area contributed by atoms with E-state index in [0.717, 1.165) is 12.1 Å². The van der Waals surface area contributed by atoms with E-state index in [1.165, 1.54) is 0 Å². The molecular formula is C16H11F3N2O3. The van der Waals surface area contributed by atoms with Crippen molar-refractivity contribution in [2.75, 3.05) is 0 Å². The quantitative estimate of drug-likeness (QED) is 0.725. The number of hydrogen-bond donors (Lipinski definition) is 1. The van der Waals surface area contributed by atoms with Gasteiger partial charge in [0.05, 0.1) is 6.61 Å². The zero-order valence-electron chi connectivity index (χ0n) is 12.2. The maximum Gasteiger partial charge on any atom is 0.264 e. The van der Waals surface area contributed by atoms with Gasteiger partial charge in [-0.1, -0.05) is 23.4 Å². The largest absolute Gasteiger partial charge is 0.483 e. The summed E-state index contributed by atoms with van der Waals surface area (Å²) in [4.78, 5) is 3.94. The van der Waals surface area contributed by atoms with Crippen molar-refractivity contribution in [3.05, 3.63) is 65.3 Å². The van der Waals surface area contributed by atoms with E-state index in [2.05, 4.69) is 10.1 Å². The number of nitrogens with zero attached hydrogens (tertiary/aromatic N) is 2. The molecule has 0 aliphatic heterocycles. The first-order valence-electron chi connectivity index (χ1n) is 6.87. The van der Waals surface area contributed by atoms with Crippen molar-refractivity contribution in [3.8, 4) is 17.1 Å². The van der Waals surface area contributed by atoms with Crippen LogP contribution in [0.1, 0.15) is 11.5 Å². The molecule has 2 aromatic carbocycles. The van der Waals surface area contributed by atoms with Crippen LogP contribution < -0.4 is 4.74 Å². The van der Waals surface area contributed by atoms with Crippen molar-refractivity contribution in [2.24, 2.45) is 0 Å². The second kappa shape index (κ2) is 6.71. The van der Waals surface area contributed by atoms with Gasteiger partial charge in [-0.3, -0.25) is 0 Å². The molecule has 0 spiro atoms. The van der Waals surface area contributed by atoms with E-state index in [4.69, 9.17) is 9.26 Å². The average molecular weight is 336 g/mol. The highest BCUT2D eigenvalue weighted by Gasteiger charge is 2.16. The van der Waals surface area contributed by atoms with Crippen LogP contribution in [0.15, 0.2) is 40.9 Å². The minimum Gasteiger partial charge on any atom is -0.483 e. The third kappa shape index (κ3) is 3.23. The molecule has 3 aromatic rings. The highest BCUT2D eigenvalue weighted by molar-refractivity contribution is 5.54. The normalized spacial score (nSPS) is 10.8. The SMILES string of the molecule is OCc1ccccc1OCc1nc(-c2cc(F)c(F)c(F)c2)no1. The van der Waals surface area contributed by atoms with Gasteiger partial charge in [0.2, 0.25) is 5.82 Å². The Morgan fingerprint density at radius 2 is 1.79 bits per heavy atom. The summed E-state index contributed by atoms with van der Waals surface area (Å²) < 4.78 is 49.8. The minimum absolute atomic E-state index is 0.0582. The Kier molecular flexibility index (Phi) is 4.48. The monoisotopic (exact) mass is 336 g/mol. The lowest BCUT2D eigenvalue weighted by atomic mass is 10.2. The molecule has 1 aromatic heterocycles. The summed E-state index contributed by atoms with van der Waals surface area (Å²) in [6, 6.07) is 8.38. The number of aliphatic hydroxyl groups excluding tert-OH is 1. The molecule has 0 aliphatic carbocycles. The Morgan fingerprint density at radius 3 is 2.50 bits per heavy atom. The molecule has 1 N–H and O–H groups in total. The summed E-state index contributed by atoms with van der Waals surface area (Å²) in [5.74, 6) is -3.84. The van der Waals surface area contributed by atoms with Crippen LogP contribution in [0.5, 0.6) is 5.75 Å². The summed E-state index contributed by atoms with van der Waals surface area (Å²) in [6.45, 7) is -0.296. The van der Waals surface area contributed by atoms with Crippen LogP contribution in [0.4, 0.5) is 13.2 Å². The molecule has 0 unspecified atom stereocenters. The number of benzene rings is 2. The molecule has 8 heteroatoms. The van der Waals surface area contributed by atoms with Crippen LogP contribution in [-0.4, -0.2) is 15.2 Å². The standard InChI is InChI=1S/C16H11F3N2O3/c17-11-5-10(6-12(18)15(11)19)16-20-14(24-21-16)8-23-13-4-2-1-3-9(13)7-22/h1-6,22H,7-8H2. The third-order valence-electron chi connectivity index (χ3n) is 3.20. The molecule has 24 heavy (non-hydrogen) atoms. The molecule has 0 atom stereocenters. The molecule has 1 heterocycles. The van der Waals surface area contributed by atoms with Gasteiger partial charge >= 0.3 is 0 Å². The molecule has 5 nitrogen and oxygen atoms in total. The van der Waals surface area contributed by atoms with E-state index in [1.54, 1.807) is 24.3 Å². The maximum atomic E-state index is 13.2. The Labute approximate surface area is 134 Å². The fourth-order valence-corrected chi connectivity index (χ4v) is 2.03. The molecule has 0 amide bonds. The molecule has 0 fully saturated rings. The molecule has 3 rings (SSSR count). The molecule has 0 aliphatic rings. The lowest BCUT2D eigenvalue weighted by Crippen LogP contribution is -1.99. The molecule has 0 radical (unpaired) electrons. The number of para-hydroxylation sites is 1.